The number of pyridine rings is 1. The summed E-state index contributed by atoms with van der Waals surface area (Å²) in [5, 5.41) is 3.64. The molecule has 1 fully saturated rings. The lowest BCUT2D eigenvalue weighted by molar-refractivity contribution is 0.0944. The maximum atomic E-state index is 12.9. The van der Waals surface area contributed by atoms with Gasteiger partial charge in [0.2, 0.25) is 0 Å². The van der Waals surface area contributed by atoms with Gasteiger partial charge in [0.1, 0.15) is 11.3 Å². The Morgan fingerprint density at radius 1 is 1.21 bits per heavy atom. The van der Waals surface area contributed by atoms with Crippen molar-refractivity contribution in [2.24, 2.45) is 0 Å². The van der Waals surface area contributed by atoms with E-state index in [-0.39, 0.29) is 5.91 Å². The summed E-state index contributed by atoms with van der Waals surface area (Å²) in [4.78, 5) is 19.8. The number of amides is 1. The van der Waals surface area contributed by atoms with Gasteiger partial charge in [0.25, 0.3) is 5.91 Å². The van der Waals surface area contributed by atoms with Crippen molar-refractivity contribution < 1.29 is 4.79 Å². The number of anilines is 1. The average Bonchev–Trinajstić information content (AvgIpc) is 3.10. The second kappa shape index (κ2) is 8.29. The summed E-state index contributed by atoms with van der Waals surface area (Å²) >= 11 is 6.06. The molecule has 5 nitrogen and oxygen atoms in total. The topological polar surface area (TPSA) is 49.6 Å². The molecule has 1 amide bonds. The molecule has 0 saturated carbocycles. The molecule has 0 aliphatic carbocycles. The van der Waals surface area contributed by atoms with Gasteiger partial charge in [-0.3, -0.25) is 9.20 Å². The fraction of sp³-hybridized carbons (Fsp3) is 0.304. The number of piperidine rings is 1. The zero-order chi connectivity index (χ0) is 20.4. The van der Waals surface area contributed by atoms with E-state index in [1.54, 1.807) is 22.7 Å². The maximum Gasteiger partial charge on any atom is 0.270 e. The molecular formula is C23H25ClN4O. The second-order valence-corrected chi connectivity index (χ2v) is 7.86. The van der Waals surface area contributed by atoms with E-state index in [1.807, 2.05) is 6.92 Å². The van der Waals surface area contributed by atoms with E-state index in [2.05, 4.69) is 46.0 Å². The first-order valence-corrected chi connectivity index (χ1v) is 10.4. The lowest BCUT2D eigenvalue weighted by Crippen LogP contribution is -2.30. The van der Waals surface area contributed by atoms with Crippen LogP contribution in [-0.4, -0.2) is 28.4 Å². The van der Waals surface area contributed by atoms with Crippen molar-refractivity contribution in [3.63, 3.8) is 0 Å². The van der Waals surface area contributed by atoms with Crippen LogP contribution in [-0.2, 0) is 13.0 Å². The highest BCUT2D eigenvalue weighted by atomic mass is 35.5. The molecule has 6 heteroatoms. The number of hydrogen-bond donors (Lipinski definition) is 1. The molecule has 0 bridgehead atoms. The van der Waals surface area contributed by atoms with Crippen molar-refractivity contribution in [1.82, 2.24) is 14.7 Å². The number of nitrogens with zero attached hydrogens (tertiary/aromatic N) is 3. The number of imidazole rings is 1. The van der Waals surface area contributed by atoms with Crippen molar-refractivity contribution >= 4 is 28.8 Å². The number of rotatable bonds is 5. The normalized spacial score (nSPS) is 14.4. The number of nitrogens with one attached hydrogen (secondary N) is 1. The molecule has 29 heavy (non-hydrogen) atoms. The lowest BCUT2D eigenvalue weighted by atomic mass is 10.1. The minimum absolute atomic E-state index is 0.129. The van der Waals surface area contributed by atoms with Gasteiger partial charge in [0, 0.05) is 42.6 Å². The third-order valence-corrected chi connectivity index (χ3v) is 5.67. The van der Waals surface area contributed by atoms with Crippen LogP contribution < -0.4 is 10.2 Å². The molecule has 3 aromatic rings. The molecule has 150 valence electrons. The van der Waals surface area contributed by atoms with Crippen molar-refractivity contribution in [2.75, 3.05) is 18.0 Å². The molecule has 3 heterocycles. The zero-order valence-electron chi connectivity index (χ0n) is 16.6. The fourth-order valence-corrected chi connectivity index (χ4v) is 3.88. The molecule has 1 N–H and O–H groups in total. The first kappa shape index (κ1) is 19.5. The first-order valence-electron chi connectivity index (χ1n) is 10.0. The number of aryl methyl sites for hydroxylation is 1. The Kier molecular flexibility index (Phi) is 5.58. The summed E-state index contributed by atoms with van der Waals surface area (Å²) in [6.07, 6.45) is 4.59. The Morgan fingerprint density at radius 3 is 2.62 bits per heavy atom. The monoisotopic (exact) mass is 408 g/mol. The van der Waals surface area contributed by atoms with Gasteiger partial charge >= 0.3 is 0 Å². The van der Waals surface area contributed by atoms with E-state index >= 15 is 0 Å². The van der Waals surface area contributed by atoms with E-state index in [4.69, 9.17) is 11.6 Å². The molecule has 1 aliphatic heterocycles. The Labute approximate surface area is 176 Å². The van der Waals surface area contributed by atoms with E-state index in [9.17, 15) is 4.79 Å². The number of carbonyl (C=O) groups excluding carboxylic acids is 1. The number of hydrogen-bond acceptors (Lipinski definition) is 3. The van der Waals surface area contributed by atoms with Crippen molar-refractivity contribution in [3.05, 3.63) is 76.7 Å². The van der Waals surface area contributed by atoms with Crippen LogP contribution in [0.1, 0.15) is 41.5 Å². The molecule has 0 unspecified atom stereocenters. The van der Waals surface area contributed by atoms with Crippen molar-refractivity contribution in [2.45, 2.75) is 32.7 Å². The van der Waals surface area contributed by atoms with Gasteiger partial charge in [-0.2, -0.15) is 0 Å². The van der Waals surface area contributed by atoms with Crippen LogP contribution in [0.4, 0.5) is 5.69 Å². The van der Waals surface area contributed by atoms with Gasteiger partial charge in [-0.05, 0) is 43.0 Å². The number of fused-ring (bicyclic) bond motifs is 1. The molecular weight excluding hydrogens is 384 g/mol. The smallest absolute Gasteiger partial charge is 0.270 e. The van der Waals surface area contributed by atoms with Gasteiger partial charge < -0.3 is 10.2 Å². The molecule has 0 radical (unpaired) electrons. The average molecular weight is 409 g/mol. The molecule has 1 aromatic carbocycles. The van der Waals surface area contributed by atoms with Gasteiger partial charge in [-0.25, -0.2) is 4.98 Å². The Bertz CT molecular complexity index is 1040. The maximum absolute atomic E-state index is 12.9. The highest BCUT2D eigenvalue weighted by molar-refractivity contribution is 6.30. The zero-order valence-corrected chi connectivity index (χ0v) is 17.4. The molecule has 1 aliphatic rings. The highest BCUT2D eigenvalue weighted by Crippen LogP contribution is 2.22. The number of benzene rings is 1. The second-order valence-electron chi connectivity index (χ2n) is 7.42. The fourth-order valence-electron chi connectivity index (χ4n) is 3.73. The van der Waals surface area contributed by atoms with E-state index in [1.165, 1.54) is 11.3 Å². The predicted molar refractivity (Wildman–Crippen MR) is 118 cm³/mol. The van der Waals surface area contributed by atoms with Gasteiger partial charge in [0.05, 0.1) is 5.69 Å². The number of halogens is 1. The highest BCUT2D eigenvalue weighted by Gasteiger charge is 2.18. The molecule has 0 spiro atoms. The Hall–Kier alpha value is -2.79. The third-order valence-electron chi connectivity index (χ3n) is 5.44. The van der Waals surface area contributed by atoms with Gasteiger partial charge in [0.15, 0.2) is 0 Å². The SMILES string of the molecule is C=C1CCN(c2ccc(CNC(=O)c3c(CC)nc4cc(Cl)ccn34)cc2)CC1. The van der Waals surface area contributed by atoms with Crippen molar-refractivity contribution in [3.8, 4) is 0 Å². The quantitative estimate of drug-likeness (QED) is 0.626. The van der Waals surface area contributed by atoms with Gasteiger partial charge in [-0.15, -0.1) is 0 Å². The molecule has 1 saturated heterocycles. The van der Waals surface area contributed by atoms with Crippen molar-refractivity contribution in [1.29, 1.82) is 0 Å². The first-order chi connectivity index (χ1) is 14.0. The standard InChI is InChI=1S/C23H25ClN4O/c1-3-20-22(28-13-10-18(24)14-21(28)26-20)23(29)25-15-17-4-6-19(7-5-17)27-11-8-16(2)9-12-27/h4-7,10,13-14H,2-3,8-9,11-12,15H2,1H3,(H,25,29). The summed E-state index contributed by atoms with van der Waals surface area (Å²) < 4.78 is 1.80. The lowest BCUT2D eigenvalue weighted by Gasteiger charge is -2.30. The van der Waals surface area contributed by atoms with Crippen LogP contribution in [0.3, 0.4) is 0 Å². The largest absolute Gasteiger partial charge is 0.371 e. The summed E-state index contributed by atoms with van der Waals surface area (Å²) in [5.41, 5.74) is 5.66. The van der Waals surface area contributed by atoms with Crippen LogP contribution in [0.15, 0.2) is 54.7 Å². The van der Waals surface area contributed by atoms with Crippen LogP contribution in [0, 0.1) is 0 Å². The summed E-state index contributed by atoms with van der Waals surface area (Å²) in [6, 6.07) is 11.9. The van der Waals surface area contributed by atoms with Crippen LogP contribution >= 0.6 is 11.6 Å². The Morgan fingerprint density at radius 2 is 1.93 bits per heavy atom. The molecule has 0 atom stereocenters. The van der Waals surface area contributed by atoms with E-state index in [0.717, 1.165) is 37.2 Å². The summed E-state index contributed by atoms with van der Waals surface area (Å²) in [5.74, 6) is -0.129. The summed E-state index contributed by atoms with van der Waals surface area (Å²) in [6.45, 7) is 8.58. The number of aromatic nitrogens is 2. The summed E-state index contributed by atoms with van der Waals surface area (Å²) in [7, 11) is 0. The van der Waals surface area contributed by atoms with E-state index in [0.29, 0.717) is 29.3 Å². The molecule has 4 rings (SSSR count). The van der Waals surface area contributed by atoms with Crippen LogP contribution in [0.25, 0.3) is 5.65 Å². The van der Waals surface area contributed by atoms with E-state index < -0.39 is 0 Å². The number of carbonyl (C=O) groups is 1. The van der Waals surface area contributed by atoms with Crippen LogP contribution in [0.2, 0.25) is 5.02 Å². The van der Waals surface area contributed by atoms with Crippen LogP contribution in [0.5, 0.6) is 0 Å². The minimum atomic E-state index is -0.129. The third kappa shape index (κ3) is 4.15. The Balaban J connectivity index is 1.45. The molecule has 2 aromatic heterocycles. The minimum Gasteiger partial charge on any atom is -0.371 e. The predicted octanol–water partition coefficient (Wildman–Crippen LogP) is 4.64. The van der Waals surface area contributed by atoms with Gasteiger partial charge in [-0.1, -0.05) is 42.8 Å².